The monoisotopic (exact) mass is 402 g/mol. The maximum atomic E-state index is 12.9. The van der Waals surface area contributed by atoms with Gasteiger partial charge < -0.3 is 4.90 Å². The molecule has 2 heterocycles. The van der Waals surface area contributed by atoms with Gasteiger partial charge in [-0.2, -0.15) is 5.10 Å². The van der Waals surface area contributed by atoms with Crippen molar-refractivity contribution in [3.05, 3.63) is 88.2 Å². The van der Waals surface area contributed by atoms with Crippen molar-refractivity contribution in [3.63, 3.8) is 0 Å². The number of rotatable bonds is 5. The van der Waals surface area contributed by atoms with Gasteiger partial charge in [0.15, 0.2) is 0 Å². The predicted octanol–water partition coefficient (Wildman–Crippen LogP) is 3.81. The van der Waals surface area contributed by atoms with Crippen LogP contribution in [-0.2, 0) is 13.1 Å². The van der Waals surface area contributed by atoms with E-state index in [9.17, 15) is 4.79 Å². The topological polar surface area (TPSA) is 41.4 Å². The molecule has 0 radical (unpaired) electrons. The lowest BCUT2D eigenvalue weighted by Crippen LogP contribution is -2.48. The molecule has 0 unspecified atom stereocenters. The SMILES string of the molecule is Cc1ccc(CN2CCN(C(=O)c3ccc(Cn4nc(C)cc4C)cc3)CC2)cc1. The van der Waals surface area contributed by atoms with Crippen LogP contribution in [0.4, 0.5) is 0 Å². The second-order valence-corrected chi connectivity index (χ2v) is 8.34. The third-order valence-electron chi connectivity index (χ3n) is 5.82. The second-order valence-electron chi connectivity index (χ2n) is 8.34. The van der Waals surface area contributed by atoms with Crippen molar-refractivity contribution in [2.45, 2.75) is 33.9 Å². The zero-order valence-corrected chi connectivity index (χ0v) is 18.1. The minimum absolute atomic E-state index is 0.127. The molecule has 1 amide bonds. The van der Waals surface area contributed by atoms with Crippen LogP contribution in [0.25, 0.3) is 0 Å². The Kier molecular flexibility index (Phi) is 6.00. The fourth-order valence-corrected chi connectivity index (χ4v) is 4.00. The van der Waals surface area contributed by atoms with E-state index in [1.807, 2.05) is 40.8 Å². The Morgan fingerprint density at radius 1 is 0.833 bits per heavy atom. The van der Waals surface area contributed by atoms with E-state index in [1.54, 1.807) is 0 Å². The molecule has 4 rings (SSSR count). The summed E-state index contributed by atoms with van der Waals surface area (Å²) in [7, 11) is 0. The maximum absolute atomic E-state index is 12.9. The van der Waals surface area contributed by atoms with E-state index in [4.69, 9.17) is 0 Å². The van der Waals surface area contributed by atoms with E-state index >= 15 is 0 Å². The third kappa shape index (κ3) is 4.79. The first-order valence-electron chi connectivity index (χ1n) is 10.6. The zero-order valence-electron chi connectivity index (χ0n) is 18.1. The van der Waals surface area contributed by atoms with E-state index in [0.29, 0.717) is 0 Å². The average molecular weight is 403 g/mol. The summed E-state index contributed by atoms with van der Waals surface area (Å²) < 4.78 is 2.00. The molecule has 0 saturated carbocycles. The molecule has 1 saturated heterocycles. The molecule has 5 nitrogen and oxygen atoms in total. The number of aryl methyl sites for hydroxylation is 3. The van der Waals surface area contributed by atoms with Gasteiger partial charge in [0.25, 0.3) is 5.91 Å². The molecule has 0 N–H and O–H groups in total. The standard InChI is InChI=1S/C25H30N4O/c1-19-4-6-22(7-5-19)17-27-12-14-28(15-13-27)25(30)24-10-8-23(9-11-24)18-29-21(3)16-20(2)26-29/h4-11,16H,12-15,17-18H2,1-3H3. The summed E-state index contributed by atoms with van der Waals surface area (Å²) in [5.41, 5.74) is 6.71. The van der Waals surface area contributed by atoms with Crippen LogP contribution in [0.1, 0.15) is 38.4 Å². The second kappa shape index (κ2) is 8.84. The van der Waals surface area contributed by atoms with E-state index in [0.717, 1.165) is 61.8 Å². The van der Waals surface area contributed by atoms with E-state index < -0.39 is 0 Å². The number of nitrogens with zero attached hydrogens (tertiary/aromatic N) is 4. The molecule has 1 fully saturated rings. The van der Waals surface area contributed by atoms with Crippen LogP contribution in [0.3, 0.4) is 0 Å². The Morgan fingerprint density at radius 2 is 1.43 bits per heavy atom. The number of amides is 1. The molecular formula is C25H30N4O. The number of carbonyl (C=O) groups is 1. The molecule has 1 aliphatic heterocycles. The maximum Gasteiger partial charge on any atom is 0.253 e. The van der Waals surface area contributed by atoms with Gasteiger partial charge in [0, 0.05) is 44.0 Å². The normalized spacial score (nSPS) is 14.8. The smallest absolute Gasteiger partial charge is 0.253 e. The predicted molar refractivity (Wildman–Crippen MR) is 120 cm³/mol. The molecule has 0 bridgehead atoms. The van der Waals surface area contributed by atoms with Crippen molar-refractivity contribution in [1.29, 1.82) is 0 Å². The van der Waals surface area contributed by atoms with Gasteiger partial charge in [-0.3, -0.25) is 14.4 Å². The van der Waals surface area contributed by atoms with E-state index in [2.05, 4.69) is 54.2 Å². The zero-order chi connectivity index (χ0) is 21.1. The Labute approximate surface area is 178 Å². The third-order valence-corrected chi connectivity index (χ3v) is 5.82. The van der Waals surface area contributed by atoms with Crippen molar-refractivity contribution >= 4 is 5.91 Å². The molecular weight excluding hydrogens is 372 g/mol. The molecule has 5 heteroatoms. The first kappa shape index (κ1) is 20.4. The summed E-state index contributed by atoms with van der Waals surface area (Å²) in [6.07, 6.45) is 0. The molecule has 0 atom stereocenters. The molecule has 3 aromatic rings. The van der Waals surface area contributed by atoms with E-state index in [-0.39, 0.29) is 5.91 Å². The lowest BCUT2D eigenvalue weighted by molar-refractivity contribution is 0.0628. The highest BCUT2D eigenvalue weighted by Gasteiger charge is 2.22. The van der Waals surface area contributed by atoms with Crippen molar-refractivity contribution in [2.24, 2.45) is 0 Å². The highest BCUT2D eigenvalue weighted by molar-refractivity contribution is 5.94. The van der Waals surface area contributed by atoms with Crippen LogP contribution in [0.2, 0.25) is 0 Å². The van der Waals surface area contributed by atoms with Crippen LogP contribution in [-0.4, -0.2) is 51.7 Å². The van der Waals surface area contributed by atoms with Gasteiger partial charge in [-0.05, 0) is 50.1 Å². The summed E-state index contributed by atoms with van der Waals surface area (Å²) >= 11 is 0. The lowest BCUT2D eigenvalue weighted by Gasteiger charge is -2.34. The average Bonchev–Trinajstić information content (AvgIpc) is 3.07. The Balaban J connectivity index is 1.31. The highest BCUT2D eigenvalue weighted by Crippen LogP contribution is 2.14. The minimum atomic E-state index is 0.127. The minimum Gasteiger partial charge on any atom is -0.336 e. The van der Waals surface area contributed by atoms with Gasteiger partial charge in [0.2, 0.25) is 0 Å². The van der Waals surface area contributed by atoms with Crippen LogP contribution in [0.5, 0.6) is 0 Å². The largest absolute Gasteiger partial charge is 0.336 e. The van der Waals surface area contributed by atoms with E-state index in [1.165, 1.54) is 11.1 Å². The lowest BCUT2D eigenvalue weighted by atomic mass is 10.1. The van der Waals surface area contributed by atoms with Gasteiger partial charge in [-0.25, -0.2) is 0 Å². The Morgan fingerprint density at radius 3 is 2.03 bits per heavy atom. The summed E-state index contributed by atoms with van der Waals surface area (Å²) in [6, 6.07) is 18.8. The highest BCUT2D eigenvalue weighted by atomic mass is 16.2. The molecule has 156 valence electrons. The molecule has 0 aliphatic carbocycles. The fourth-order valence-electron chi connectivity index (χ4n) is 4.00. The summed E-state index contributed by atoms with van der Waals surface area (Å²) in [4.78, 5) is 17.3. The molecule has 2 aromatic carbocycles. The molecule has 30 heavy (non-hydrogen) atoms. The number of benzene rings is 2. The fraction of sp³-hybridized carbons (Fsp3) is 0.360. The first-order valence-corrected chi connectivity index (χ1v) is 10.6. The molecule has 1 aliphatic rings. The van der Waals surface area contributed by atoms with Crippen molar-refractivity contribution in [1.82, 2.24) is 19.6 Å². The number of hydrogen-bond donors (Lipinski definition) is 0. The Bertz CT molecular complexity index is 997. The summed E-state index contributed by atoms with van der Waals surface area (Å²) in [5.74, 6) is 0.127. The van der Waals surface area contributed by atoms with Gasteiger partial charge in [0.1, 0.15) is 0 Å². The van der Waals surface area contributed by atoms with Crippen molar-refractivity contribution in [3.8, 4) is 0 Å². The summed E-state index contributed by atoms with van der Waals surface area (Å²) in [6.45, 7) is 11.2. The van der Waals surface area contributed by atoms with Gasteiger partial charge in [-0.15, -0.1) is 0 Å². The van der Waals surface area contributed by atoms with Crippen molar-refractivity contribution < 1.29 is 4.79 Å². The first-order chi connectivity index (χ1) is 14.5. The molecule has 1 aromatic heterocycles. The van der Waals surface area contributed by atoms with Crippen LogP contribution >= 0.6 is 0 Å². The number of hydrogen-bond acceptors (Lipinski definition) is 3. The van der Waals surface area contributed by atoms with Gasteiger partial charge in [0.05, 0.1) is 12.2 Å². The summed E-state index contributed by atoms with van der Waals surface area (Å²) in [5, 5.41) is 4.51. The molecule has 0 spiro atoms. The van der Waals surface area contributed by atoms with Crippen LogP contribution in [0, 0.1) is 20.8 Å². The Hall–Kier alpha value is -2.92. The van der Waals surface area contributed by atoms with Crippen LogP contribution < -0.4 is 0 Å². The number of piperazine rings is 1. The van der Waals surface area contributed by atoms with Crippen LogP contribution in [0.15, 0.2) is 54.6 Å². The van der Waals surface area contributed by atoms with Gasteiger partial charge >= 0.3 is 0 Å². The number of carbonyl (C=O) groups excluding carboxylic acids is 1. The van der Waals surface area contributed by atoms with Gasteiger partial charge in [-0.1, -0.05) is 42.0 Å². The number of aromatic nitrogens is 2. The quantitative estimate of drug-likeness (QED) is 0.652. The van der Waals surface area contributed by atoms with Crippen molar-refractivity contribution in [2.75, 3.05) is 26.2 Å².